The number of methoxy groups -OCH3 is 2. The maximum atomic E-state index is 12.3. The summed E-state index contributed by atoms with van der Waals surface area (Å²) < 4.78 is 18.6. The Morgan fingerprint density at radius 3 is 2.41 bits per heavy atom. The van der Waals surface area contributed by atoms with Crippen LogP contribution in [0.1, 0.15) is 23.6 Å². The molecule has 4 rings (SSSR count). The van der Waals surface area contributed by atoms with Gasteiger partial charge in [0.25, 0.3) is 0 Å². The monoisotopic (exact) mass is 542 g/mol. The van der Waals surface area contributed by atoms with Crippen LogP contribution in [0, 0.1) is 11.3 Å². The maximum Gasteiger partial charge on any atom is 0.342 e. The van der Waals surface area contributed by atoms with Gasteiger partial charge in [0.05, 0.1) is 25.9 Å². The molecule has 0 saturated carbocycles. The van der Waals surface area contributed by atoms with E-state index >= 15 is 0 Å². The van der Waals surface area contributed by atoms with Gasteiger partial charge in [0.15, 0.2) is 11.0 Å². The number of nitriles is 1. The number of carbonyl (C=O) groups is 1. The van der Waals surface area contributed by atoms with Crippen molar-refractivity contribution in [3.05, 3.63) is 88.3 Å². The number of aliphatic carboxylic acids is 1. The van der Waals surface area contributed by atoms with Crippen LogP contribution in [0.4, 0.5) is 0 Å². The molecule has 0 amide bonds. The molecular formula is C29H26N4O5S. The van der Waals surface area contributed by atoms with Gasteiger partial charge >= 0.3 is 5.97 Å². The molecule has 1 heterocycles. The molecule has 198 valence electrons. The molecule has 0 saturated heterocycles. The fourth-order valence-corrected chi connectivity index (χ4v) is 4.69. The third kappa shape index (κ3) is 6.40. The Kier molecular flexibility index (Phi) is 8.86. The highest BCUT2D eigenvalue weighted by molar-refractivity contribution is 8.04. The average Bonchev–Trinajstić information content (AvgIpc) is 3.38. The van der Waals surface area contributed by atoms with E-state index in [1.165, 1.54) is 0 Å². The lowest BCUT2D eigenvalue weighted by atomic mass is 10.1. The zero-order valence-electron chi connectivity index (χ0n) is 21.6. The number of carboxylic acid groups (broad SMARTS) is 1. The largest absolute Gasteiger partial charge is 0.497 e. The number of thioether (sulfide) groups is 1. The molecule has 4 aromatic rings. The van der Waals surface area contributed by atoms with Gasteiger partial charge in [0.2, 0.25) is 0 Å². The lowest BCUT2D eigenvalue weighted by Crippen LogP contribution is -2.03. The topological polar surface area (TPSA) is 119 Å². The van der Waals surface area contributed by atoms with Crippen molar-refractivity contribution in [2.75, 3.05) is 14.2 Å². The number of hydrogen-bond acceptors (Lipinski definition) is 8. The minimum Gasteiger partial charge on any atom is -0.497 e. The second-order valence-electron chi connectivity index (χ2n) is 8.16. The van der Waals surface area contributed by atoms with Gasteiger partial charge in [-0.3, -0.25) is 0 Å². The average molecular weight is 543 g/mol. The van der Waals surface area contributed by atoms with E-state index in [4.69, 9.17) is 14.2 Å². The molecule has 10 heteroatoms. The number of ether oxygens (including phenoxy) is 3. The fraction of sp³-hybridized carbons (Fsp3) is 0.172. The molecular weight excluding hydrogens is 516 g/mol. The number of para-hydroxylation sites is 1. The van der Waals surface area contributed by atoms with Gasteiger partial charge in [-0.05, 0) is 49.0 Å². The number of hydrogen-bond donors (Lipinski definition) is 1. The molecule has 0 spiro atoms. The molecule has 0 bridgehead atoms. The van der Waals surface area contributed by atoms with E-state index in [0.29, 0.717) is 45.9 Å². The van der Waals surface area contributed by atoms with Crippen molar-refractivity contribution in [2.45, 2.75) is 25.2 Å². The van der Waals surface area contributed by atoms with E-state index in [9.17, 15) is 15.2 Å². The lowest BCUT2D eigenvalue weighted by molar-refractivity contribution is -0.131. The number of benzene rings is 3. The summed E-state index contributed by atoms with van der Waals surface area (Å²) in [5.74, 6) is 1.14. The fourth-order valence-electron chi connectivity index (χ4n) is 3.82. The van der Waals surface area contributed by atoms with Crippen molar-refractivity contribution >= 4 is 23.8 Å². The van der Waals surface area contributed by atoms with E-state index in [1.807, 2.05) is 35.8 Å². The van der Waals surface area contributed by atoms with Crippen molar-refractivity contribution in [2.24, 2.45) is 0 Å². The summed E-state index contributed by atoms with van der Waals surface area (Å²) in [6.45, 7) is 2.61. The number of nitrogens with zero attached hydrogens (tertiary/aromatic N) is 4. The van der Waals surface area contributed by atoms with Gasteiger partial charge < -0.3 is 23.9 Å². The van der Waals surface area contributed by atoms with Crippen LogP contribution in [0.5, 0.6) is 17.2 Å². The highest BCUT2D eigenvalue weighted by Crippen LogP contribution is 2.34. The summed E-state index contributed by atoms with van der Waals surface area (Å²) >= 11 is 0.997. The van der Waals surface area contributed by atoms with Crippen molar-refractivity contribution in [1.82, 2.24) is 14.8 Å². The molecule has 0 atom stereocenters. The Bertz CT molecular complexity index is 1540. The second-order valence-corrected chi connectivity index (χ2v) is 9.17. The van der Waals surface area contributed by atoms with E-state index in [1.54, 1.807) is 62.8 Å². The van der Waals surface area contributed by atoms with Crippen molar-refractivity contribution in [3.63, 3.8) is 0 Å². The van der Waals surface area contributed by atoms with E-state index in [0.717, 1.165) is 22.9 Å². The number of rotatable bonds is 11. The molecule has 1 N–H and O–H groups in total. The summed E-state index contributed by atoms with van der Waals surface area (Å²) in [4.78, 5) is 12.3. The molecule has 1 aromatic heterocycles. The molecule has 0 aliphatic carbocycles. The highest BCUT2D eigenvalue weighted by atomic mass is 32.2. The predicted molar refractivity (Wildman–Crippen MR) is 148 cm³/mol. The van der Waals surface area contributed by atoms with Crippen LogP contribution < -0.4 is 14.2 Å². The number of carboxylic acids is 1. The lowest BCUT2D eigenvalue weighted by Gasteiger charge is -2.12. The van der Waals surface area contributed by atoms with Gasteiger partial charge in [0.1, 0.15) is 28.8 Å². The maximum absolute atomic E-state index is 12.3. The van der Waals surface area contributed by atoms with Gasteiger partial charge in [0, 0.05) is 29.3 Å². The smallest absolute Gasteiger partial charge is 0.342 e. The Hall–Kier alpha value is -4.75. The molecule has 0 fully saturated rings. The van der Waals surface area contributed by atoms with E-state index in [-0.39, 0.29) is 11.5 Å². The predicted octanol–water partition coefficient (Wildman–Crippen LogP) is 5.65. The normalized spacial score (nSPS) is 11.1. The van der Waals surface area contributed by atoms with Crippen molar-refractivity contribution in [3.8, 4) is 34.7 Å². The Morgan fingerprint density at radius 2 is 1.74 bits per heavy atom. The molecule has 9 nitrogen and oxygen atoms in total. The van der Waals surface area contributed by atoms with Gasteiger partial charge in [-0.15, -0.1) is 10.2 Å². The van der Waals surface area contributed by atoms with Crippen LogP contribution in [0.2, 0.25) is 0 Å². The SMILES string of the molecule is CCn1c(S/C(=C\c2ccccc2OCc2ccccc2C#N)C(=O)O)nnc1-c1cc(OC)cc(OC)c1. The number of aromatic nitrogens is 3. The quantitative estimate of drug-likeness (QED) is 0.189. The first kappa shape index (κ1) is 27.3. The van der Waals surface area contributed by atoms with Crippen molar-refractivity contribution < 1.29 is 24.1 Å². The first-order valence-corrected chi connectivity index (χ1v) is 12.8. The van der Waals surface area contributed by atoms with Gasteiger partial charge in [-0.2, -0.15) is 5.26 Å². The van der Waals surface area contributed by atoms with E-state index < -0.39 is 5.97 Å². The van der Waals surface area contributed by atoms with Crippen LogP contribution in [-0.4, -0.2) is 40.1 Å². The summed E-state index contributed by atoms with van der Waals surface area (Å²) in [5, 5.41) is 28.4. The first-order valence-electron chi connectivity index (χ1n) is 12.0. The molecule has 0 aliphatic heterocycles. The van der Waals surface area contributed by atoms with Crippen molar-refractivity contribution in [1.29, 1.82) is 5.26 Å². The third-order valence-electron chi connectivity index (χ3n) is 5.78. The zero-order chi connectivity index (χ0) is 27.8. The van der Waals surface area contributed by atoms with Gasteiger partial charge in [-0.25, -0.2) is 4.79 Å². The summed E-state index contributed by atoms with van der Waals surface area (Å²) in [7, 11) is 3.14. The Morgan fingerprint density at radius 1 is 1.05 bits per heavy atom. The molecule has 0 unspecified atom stereocenters. The van der Waals surface area contributed by atoms with E-state index in [2.05, 4.69) is 16.3 Å². The summed E-state index contributed by atoms with van der Waals surface area (Å²) in [5.41, 5.74) is 2.57. The zero-order valence-corrected chi connectivity index (χ0v) is 22.4. The molecule has 3 aromatic carbocycles. The minimum absolute atomic E-state index is 0.0420. The second kappa shape index (κ2) is 12.7. The highest BCUT2D eigenvalue weighted by Gasteiger charge is 2.20. The molecule has 0 radical (unpaired) electrons. The molecule has 0 aliphatic rings. The third-order valence-corrected chi connectivity index (χ3v) is 6.78. The Labute approximate surface area is 230 Å². The molecule has 39 heavy (non-hydrogen) atoms. The van der Waals surface area contributed by atoms with Gasteiger partial charge in [-0.1, -0.05) is 36.4 Å². The summed E-state index contributed by atoms with van der Waals surface area (Å²) in [6.07, 6.45) is 1.54. The minimum atomic E-state index is -1.11. The first-order chi connectivity index (χ1) is 19.0. The van der Waals surface area contributed by atoms with Crippen LogP contribution in [-0.2, 0) is 17.9 Å². The van der Waals surface area contributed by atoms with Crippen LogP contribution in [0.25, 0.3) is 17.5 Å². The Balaban J connectivity index is 1.64. The van der Waals surface area contributed by atoms with Crippen LogP contribution >= 0.6 is 11.8 Å². The van der Waals surface area contributed by atoms with Crippen LogP contribution in [0.15, 0.2) is 76.8 Å². The van der Waals surface area contributed by atoms with Crippen LogP contribution in [0.3, 0.4) is 0 Å². The standard InChI is InChI=1S/C29H26N4O5S/c1-4-33-27(22-13-23(36-2)16-24(14-22)37-3)31-32-29(33)39-26(28(34)35)15-19-9-7-8-12-25(19)38-18-21-11-6-5-10-20(21)17-30/h5-16H,4,18H2,1-3H3,(H,34,35)/b26-15-. The summed E-state index contributed by atoms with van der Waals surface area (Å²) in [6, 6.07) is 21.9.